The summed E-state index contributed by atoms with van der Waals surface area (Å²) >= 11 is 0. The molecule has 0 saturated carbocycles. The normalized spacial score (nSPS) is 18.9. The molecular weight excluding hydrogens is 414 g/mol. The molecule has 1 aliphatic rings. The van der Waals surface area contributed by atoms with Crippen molar-refractivity contribution in [3.8, 4) is 11.1 Å². The Bertz CT molecular complexity index is 1130. The molecule has 2 aromatic heterocycles. The van der Waals surface area contributed by atoms with Gasteiger partial charge >= 0.3 is 6.18 Å². The number of nitrogens with zero attached hydrogens (tertiary/aromatic N) is 4. The Hall–Kier alpha value is -3.56. The number of rotatable bonds is 4. The number of alkyl halides is 4. The topological polar surface area (TPSA) is 71.0 Å². The molecule has 10 heteroatoms. The summed E-state index contributed by atoms with van der Waals surface area (Å²) in [5, 5.41) is 2.98. The maximum Gasteiger partial charge on any atom is 0.416 e. The first-order valence-corrected chi connectivity index (χ1v) is 9.37. The second kappa shape index (κ2) is 7.93. The van der Waals surface area contributed by atoms with Crippen LogP contribution in [0.2, 0.25) is 0 Å². The third-order valence-corrected chi connectivity index (χ3v) is 5.08. The van der Waals surface area contributed by atoms with Gasteiger partial charge in [-0.15, -0.1) is 0 Å². The Morgan fingerprint density at radius 2 is 1.77 bits per heavy atom. The van der Waals surface area contributed by atoms with Gasteiger partial charge in [0.2, 0.25) is 5.91 Å². The first kappa shape index (κ1) is 20.7. The summed E-state index contributed by atoms with van der Waals surface area (Å²) in [6, 6.07) is 3.96. The van der Waals surface area contributed by atoms with Crippen molar-refractivity contribution in [1.82, 2.24) is 19.9 Å². The molecule has 1 aromatic carbocycles. The fourth-order valence-corrected chi connectivity index (χ4v) is 3.50. The number of nitrogens with one attached hydrogen (secondary N) is 1. The van der Waals surface area contributed by atoms with Gasteiger partial charge in [-0.05, 0) is 23.8 Å². The van der Waals surface area contributed by atoms with Crippen LogP contribution in [0.1, 0.15) is 5.56 Å². The van der Waals surface area contributed by atoms with Gasteiger partial charge in [0.25, 0.3) is 0 Å². The van der Waals surface area contributed by atoms with Gasteiger partial charge in [0.1, 0.15) is 17.2 Å². The monoisotopic (exact) mass is 431 g/mol. The van der Waals surface area contributed by atoms with E-state index < -0.39 is 24.0 Å². The summed E-state index contributed by atoms with van der Waals surface area (Å²) in [5.74, 6) is -0.0819. The highest BCUT2D eigenvalue weighted by Crippen LogP contribution is 2.33. The van der Waals surface area contributed by atoms with Gasteiger partial charge in [-0.3, -0.25) is 9.78 Å². The number of carbonyl (C=O) groups excluding carboxylic acids is 1. The zero-order valence-corrected chi connectivity index (χ0v) is 16.1. The van der Waals surface area contributed by atoms with Crippen LogP contribution in [0.5, 0.6) is 0 Å². The summed E-state index contributed by atoms with van der Waals surface area (Å²) < 4.78 is 53.0. The minimum Gasteiger partial charge on any atom is -0.361 e. The number of pyridine rings is 1. The molecule has 1 N–H and O–H groups in total. The van der Waals surface area contributed by atoms with Crippen LogP contribution in [0.3, 0.4) is 0 Å². The minimum absolute atomic E-state index is 0.0598. The predicted molar refractivity (Wildman–Crippen MR) is 107 cm³/mol. The molecule has 3 aromatic rings. The molecule has 1 amide bonds. The second-order valence-corrected chi connectivity index (χ2v) is 7.06. The molecule has 6 nitrogen and oxygen atoms in total. The highest BCUT2D eigenvalue weighted by Gasteiger charge is 2.35. The third-order valence-electron chi connectivity index (χ3n) is 5.08. The number of hydrogen-bond acceptors (Lipinski definition) is 5. The second-order valence-electron chi connectivity index (χ2n) is 7.06. The van der Waals surface area contributed by atoms with Gasteiger partial charge in [0.05, 0.1) is 18.2 Å². The first-order valence-electron chi connectivity index (χ1n) is 9.37. The van der Waals surface area contributed by atoms with E-state index in [0.29, 0.717) is 22.2 Å². The Labute approximate surface area is 174 Å². The number of fused-ring (bicyclic) bond motifs is 1. The van der Waals surface area contributed by atoms with E-state index in [1.54, 1.807) is 0 Å². The maximum atomic E-state index is 14.5. The number of aromatic nitrogens is 3. The molecule has 4 rings (SSSR count). The number of halogens is 4. The minimum atomic E-state index is -4.43. The van der Waals surface area contributed by atoms with Crippen molar-refractivity contribution in [1.29, 1.82) is 0 Å². The fraction of sp³-hybridized carbons (Fsp3) is 0.238. The smallest absolute Gasteiger partial charge is 0.361 e. The number of benzene rings is 1. The van der Waals surface area contributed by atoms with Crippen molar-refractivity contribution in [2.75, 3.05) is 18.4 Å². The van der Waals surface area contributed by atoms with Crippen LogP contribution in [0.25, 0.3) is 22.2 Å². The lowest BCUT2D eigenvalue weighted by Gasteiger charge is -2.17. The molecule has 1 saturated heterocycles. The van der Waals surface area contributed by atoms with Crippen molar-refractivity contribution in [2.45, 2.75) is 18.4 Å². The number of carbonyl (C=O) groups is 1. The van der Waals surface area contributed by atoms with Gasteiger partial charge in [0.15, 0.2) is 5.82 Å². The highest BCUT2D eigenvalue weighted by molar-refractivity contribution is 5.96. The molecule has 1 fully saturated rings. The number of anilines is 1. The van der Waals surface area contributed by atoms with E-state index in [2.05, 4.69) is 26.8 Å². The maximum absolute atomic E-state index is 14.5. The highest BCUT2D eigenvalue weighted by atomic mass is 19.4. The van der Waals surface area contributed by atoms with Crippen LogP contribution < -0.4 is 5.32 Å². The van der Waals surface area contributed by atoms with Gasteiger partial charge in [-0.2, -0.15) is 13.2 Å². The van der Waals surface area contributed by atoms with E-state index in [1.165, 1.54) is 35.6 Å². The summed E-state index contributed by atoms with van der Waals surface area (Å²) in [6.45, 7) is 3.49. The Kier molecular flexibility index (Phi) is 5.30. The van der Waals surface area contributed by atoms with E-state index in [1.807, 2.05) is 0 Å². The van der Waals surface area contributed by atoms with Gasteiger partial charge in [0, 0.05) is 30.7 Å². The van der Waals surface area contributed by atoms with E-state index in [-0.39, 0.29) is 24.8 Å². The molecule has 0 bridgehead atoms. The van der Waals surface area contributed by atoms with Crippen LogP contribution in [0.15, 0.2) is 55.5 Å². The van der Waals surface area contributed by atoms with Gasteiger partial charge in [-0.25, -0.2) is 14.4 Å². The zero-order chi connectivity index (χ0) is 22.2. The molecule has 31 heavy (non-hydrogen) atoms. The van der Waals surface area contributed by atoms with Crippen molar-refractivity contribution in [3.05, 3.63) is 61.1 Å². The lowest BCUT2D eigenvalue weighted by Crippen LogP contribution is -2.31. The van der Waals surface area contributed by atoms with Crippen LogP contribution in [-0.4, -0.2) is 51.1 Å². The van der Waals surface area contributed by atoms with E-state index in [4.69, 9.17) is 0 Å². The van der Waals surface area contributed by atoms with E-state index in [9.17, 15) is 22.4 Å². The molecule has 0 aliphatic carbocycles. The Morgan fingerprint density at radius 1 is 1.10 bits per heavy atom. The fourth-order valence-electron chi connectivity index (χ4n) is 3.50. The molecule has 0 spiro atoms. The molecule has 0 radical (unpaired) electrons. The average molecular weight is 431 g/mol. The van der Waals surface area contributed by atoms with Gasteiger partial charge in [-0.1, -0.05) is 18.7 Å². The quantitative estimate of drug-likeness (QED) is 0.502. The summed E-state index contributed by atoms with van der Waals surface area (Å²) in [7, 11) is 0. The van der Waals surface area contributed by atoms with Crippen molar-refractivity contribution < 1.29 is 22.4 Å². The predicted octanol–water partition coefficient (Wildman–Crippen LogP) is 3.86. The molecule has 3 heterocycles. The van der Waals surface area contributed by atoms with E-state index in [0.717, 1.165) is 18.2 Å². The summed E-state index contributed by atoms with van der Waals surface area (Å²) in [6.07, 6.45) is -0.257. The first-order chi connectivity index (χ1) is 14.8. The SMILES string of the molecule is C=CC(=O)N1C[C@H](F)[C@H](Nc2ncc(-c3ccc(C(F)(F)F)cc3)c3nccnc23)C1. The molecule has 0 unspecified atom stereocenters. The van der Waals surface area contributed by atoms with Crippen LogP contribution in [0.4, 0.5) is 23.4 Å². The Morgan fingerprint density at radius 3 is 2.42 bits per heavy atom. The largest absolute Gasteiger partial charge is 0.416 e. The molecule has 2 atom stereocenters. The number of amides is 1. The molecular formula is C21H17F4N5O. The van der Waals surface area contributed by atoms with Crippen LogP contribution in [-0.2, 0) is 11.0 Å². The van der Waals surface area contributed by atoms with Crippen molar-refractivity contribution in [2.24, 2.45) is 0 Å². The standard InChI is InChI=1S/C21H17F4N5O/c1-2-17(31)30-10-15(22)16(11-30)29-20-19-18(26-7-8-27-19)14(9-28-20)12-3-5-13(6-4-12)21(23,24)25/h2-9,15-16H,1,10-11H2,(H,28,29)/t15-,16+/m0/s1. The molecule has 160 valence electrons. The summed E-state index contributed by atoms with van der Waals surface area (Å²) in [4.78, 5) is 26.0. The third kappa shape index (κ3) is 4.05. The van der Waals surface area contributed by atoms with Crippen molar-refractivity contribution in [3.63, 3.8) is 0 Å². The number of likely N-dealkylation sites (tertiary alicyclic amines) is 1. The summed E-state index contributed by atoms with van der Waals surface area (Å²) in [5.41, 5.74) is 0.984. The Balaban J connectivity index is 1.66. The average Bonchev–Trinajstić information content (AvgIpc) is 3.13. The molecule has 1 aliphatic heterocycles. The van der Waals surface area contributed by atoms with E-state index >= 15 is 0 Å². The number of hydrogen-bond donors (Lipinski definition) is 1. The van der Waals surface area contributed by atoms with Crippen molar-refractivity contribution >= 4 is 22.8 Å². The lowest BCUT2D eigenvalue weighted by atomic mass is 10.0. The van der Waals surface area contributed by atoms with Gasteiger partial charge < -0.3 is 10.2 Å². The van der Waals surface area contributed by atoms with Crippen LogP contribution in [0, 0.1) is 0 Å². The van der Waals surface area contributed by atoms with Crippen LogP contribution >= 0.6 is 0 Å². The zero-order valence-electron chi connectivity index (χ0n) is 16.1. The lowest BCUT2D eigenvalue weighted by molar-refractivity contribution is -0.137.